The molecule has 0 saturated carbocycles. The third-order valence-corrected chi connectivity index (χ3v) is 4.28. The molecule has 1 aliphatic rings. The molecular formula is C15H27N5O. The SMILES string of the molecule is CCc1nn(C)c(C(=O)NCC(C)N2CCCCC2)c1N. The van der Waals surface area contributed by atoms with Gasteiger partial charge in [0.1, 0.15) is 5.69 Å². The molecule has 6 heteroatoms. The Balaban J connectivity index is 1.94. The minimum absolute atomic E-state index is 0.133. The average Bonchev–Trinajstić information content (AvgIpc) is 2.79. The molecule has 0 aromatic carbocycles. The number of hydrogen-bond acceptors (Lipinski definition) is 4. The fourth-order valence-corrected chi connectivity index (χ4v) is 2.94. The van der Waals surface area contributed by atoms with Crippen molar-refractivity contribution < 1.29 is 4.79 Å². The molecule has 0 radical (unpaired) electrons. The van der Waals surface area contributed by atoms with Gasteiger partial charge in [0.2, 0.25) is 0 Å². The van der Waals surface area contributed by atoms with Crippen molar-refractivity contribution in [1.29, 1.82) is 0 Å². The van der Waals surface area contributed by atoms with Crippen molar-refractivity contribution in [2.45, 2.75) is 45.6 Å². The number of anilines is 1. The van der Waals surface area contributed by atoms with Crippen LogP contribution >= 0.6 is 0 Å². The van der Waals surface area contributed by atoms with Gasteiger partial charge in [-0.3, -0.25) is 14.4 Å². The molecule has 1 aromatic heterocycles. The smallest absolute Gasteiger partial charge is 0.271 e. The van der Waals surface area contributed by atoms with Crippen LogP contribution in [0.1, 0.15) is 49.3 Å². The zero-order valence-electron chi connectivity index (χ0n) is 13.4. The van der Waals surface area contributed by atoms with Crippen LogP contribution in [0.4, 0.5) is 5.69 Å². The molecule has 0 bridgehead atoms. The van der Waals surface area contributed by atoms with Gasteiger partial charge in [-0.1, -0.05) is 13.3 Å². The number of amides is 1. The van der Waals surface area contributed by atoms with E-state index in [9.17, 15) is 4.79 Å². The third kappa shape index (κ3) is 3.56. The van der Waals surface area contributed by atoms with Gasteiger partial charge in [-0.15, -0.1) is 0 Å². The van der Waals surface area contributed by atoms with Crippen molar-refractivity contribution >= 4 is 11.6 Å². The van der Waals surface area contributed by atoms with Crippen LogP contribution in [0.25, 0.3) is 0 Å². The number of carbonyl (C=O) groups is 1. The first kappa shape index (κ1) is 15.8. The molecule has 1 unspecified atom stereocenters. The number of hydrogen-bond donors (Lipinski definition) is 2. The lowest BCUT2D eigenvalue weighted by atomic mass is 10.1. The van der Waals surface area contributed by atoms with Gasteiger partial charge in [-0.25, -0.2) is 0 Å². The monoisotopic (exact) mass is 293 g/mol. The first-order chi connectivity index (χ1) is 10.0. The Morgan fingerprint density at radius 3 is 2.62 bits per heavy atom. The van der Waals surface area contributed by atoms with Crippen molar-refractivity contribution in [3.05, 3.63) is 11.4 Å². The summed E-state index contributed by atoms with van der Waals surface area (Å²) < 4.78 is 1.58. The Morgan fingerprint density at radius 1 is 1.38 bits per heavy atom. The number of aryl methyl sites for hydroxylation is 2. The van der Waals surface area contributed by atoms with Crippen molar-refractivity contribution in [3.8, 4) is 0 Å². The summed E-state index contributed by atoms with van der Waals surface area (Å²) in [6.45, 7) is 7.05. The number of aromatic nitrogens is 2. The highest BCUT2D eigenvalue weighted by atomic mass is 16.2. The quantitative estimate of drug-likeness (QED) is 0.854. The van der Waals surface area contributed by atoms with E-state index in [0.29, 0.717) is 24.0 Å². The standard InChI is InChI=1S/C15H27N5O/c1-4-12-13(16)14(19(3)18-12)15(21)17-10-11(2)20-8-6-5-7-9-20/h11H,4-10,16H2,1-3H3,(H,17,21). The maximum atomic E-state index is 12.3. The maximum Gasteiger partial charge on any atom is 0.271 e. The molecule has 1 atom stereocenters. The molecule has 2 heterocycles. The first-order valence-electron chi connectivity index (χ1n) is 7.88. The zero-order valence-corrected chi connectivity index (χ0v) is 13.4. The zero-order chi connectivity index (χ0) is 15.4. The van der Waals surface area contributed by atoms with E-state index in [0.717, 1.165) is 25.2 Å². The highest BCUT2D eigenvalue weighted by molar-refractivity contribution is 5.98. The van der Waals surface area contributed by atoms with E-state index in [1.54, 1.807) is 11.7 Å². The second kappa shape index (κ2) is 6.93. The number of nitrogen functional groups attached to an aromatic ring is 1. The Morgan fingerprint density at radius 2 is 2.05 bits per heavy atom. The van der Waals surface area contributed by atoms with Gasteiger partial charge in [0.15, 0.2) is 0 Å². The van der Waals surface area contributed by atoms with Crippen LogP contribution in [0.2, 0.25) is 0 Å². The fraction of sp³-hybridized carbons (Fsp3) is 0.733. The van der Waals surface area contributed by atoms with Crippen molar-refractivity contribution in [1.82, 2.24) is 20.0 Å². The van der Waals surface area contributed by atoms with E-state index < -0.39 is 0 Å². The lowest BCUT2D eigenvalue weighted by molar-refractivity contribution is 0.0921. The number of nitrogens with one attached hydrogen (secondary N) is 1. The predicted octanol–water partition coefficient (Wildman–Crippen LogP) is 1.17. The molecule has 3 N–H and O–H groups in total. The minimum atomic E-state index is -0.133. The number of nitrogens with zero attached hydrogens (tertiary/aromatic N) is 3. The van der Waals surface area contributed by atoms with Gasteiger partial charge in [0.25, 0.3) is 5.91 Å². The molecule has 1 aromatic rings. The highest BCUT2D eigenvalue weighted by Gasteiger charge is 2.21. The van der Waals surface area contributed by atoms with Gasteiger partial charge in [-0.2, -0.15) is 5.10 Å². The molecular weight excluding hydrogens is 266 g/mol. The molecule has 118 valence electrons. The van der Waals surface area contributed by atoms with E-state index >= 15 is 0 Å². The lowest BCUT2D eigenvalue weighted by Crippen LogP contribution is -2.44. The molecule has 1 amide bonds. The minimum Gasteiger partial charge on any atom is -0.395 e. The van der Waals surface area contributed by atoms with Crippen LogP contribution in [-0.2, 0) is 13.5 Å². The van der Waals surface area contributed by atoms with Gasteiger partial charge in [0.05, 0.1) is 11.4 Å². The Labute approximate surface area is 126 Å². The molecule has 1 saturated heterocycles. The summed E-state index contributed by atoms with van der Waals surface area (Å²) in [5.41, 5.74) is 7.77. The molecule has 1 aliphatic heterocycles. The summed E-state index contributed by atoms with van der Waals surface area (Å²) in [4.78, 5) is 14.8. The number of nitrogens with two attached hydrogens (primary N) is 1. The second-order valence-electron chi connectivity index (χ2n) is 5.84. The van der Waals surface area contributed by atoms with Gasteiger partial charge in [-0.05, 0) is 39.3 Å². The highest BCUT2D eigenvalue weighted by Crippen LogP contribution is 2.17. The van der Waals surface area contributed by atoms with Crippen molar-refractivity contribution in [3.63, 3.8) is 0 Å². The van der Waals surface area contributed by atoms with Crippen LogP contribution in [0, 0.1) is 0 Å². The van der Waals surface area contributed by atoms with E-state index in [4.69, 9.17) is 5.73 Å². The Bertz CT molecular complexity index is 490. The molecule has 21 heavy (non-hydrogen) atoms. The molecule has 0 aliphatic carbocycles. The van der Waals surface area contributed by atoms with Gasteiger partial charge in [0, 0.05) is 19.6 Å². The predicted molar refractivity (Wildman–Crippen MR) is 84.2 cm³/mol. The molecule has 2 rings (SSSR count). The van der Waals surface area contributed by atoms with Gasteiger partial charge < -0.3 is 11.1 Å². The summed E-state index contributed by atoms with van der Waals surface area (Å²) in [7, 11) is 1.76. The summed E-state index contributed by atoms with van der Waals surface area (Å²) in [6.07, 6.45) is 4.57. The van der Waals surface area contributed by atoms with E-state index in [1.807, 2.05) is 6.92 Å². The van der Waals surface area contributed by atoms with Crippen LogP contribution in [0.15, 0.2) is 0 Å². The number of piperidine rings is 1. The Kier molecular flexibility index (Phi) is 5.22. The summed E-state index contributed by atoms with van der Waals surface area (Å²) in [5, 5.41) is 7.28. The molecule has 6 nitrogen and oxygen atoms in total. The fourth-order valence-electron chi connectivity index (χ4n) is 2.94. The van der Waals surface area contributed by atoms with Crippen molar-refractivity contribution in [2.24, 2.45) is 7.05 Å². The summed E-state index contributed by atoms with van der Waals surface area (Å²) >= 11 is 0. The first-order valence-corrected chi connectivity index (χ1v) is 7.88. The number of carbonyl (C=O) groups excluding carboxylic acids is 1. The lowest BCUT2D eigenvalue weighted by Gasteiger charge is -2.32. The van der Waals surface area contributed by atoms with Gasteiger partial charge >= 0.3 is 0 Å². The largest absolute Gasteiger partial charge is 0.395 e. The summed E-state index contributed by atoms with van der Waals surface area (Å²) in [5.74, 6) is -0.133. The van der Waals surface area contributed by atoms with Crippen LogP contribution in [0.3, 0.4) is 0 Å². The normalized spacial score (nSPS) is 17.7. The topological polar surface area (TPSA) is 76.2 Å². The molecule has 0 spiro atoms. The number of rotatable bonds is 5. The van der Waals surface area contributed by atoms with Crippen LogP contribution in [-0.4, -0.2) is 46.3 Å². The van der Waals surface area contributed by atoms with Crippen LogP contribution < -0.4 is 11.1 Å². The van der Waals surface area contributed by atoms with E-state index in [-0.39, 0.29) is 5.91 Å². The maximum absolute atomic E-state index is 12.3. The van der Waals surface area contributed by atoms with E-state index in [1.165, 1.54) is 19.3 Å². The summed E-state index contributed by atoms with van der Waals surface area (Å²) in [6, 6.07) is 0.356. The van der Waals surface area contributed by atoms with Crippen molar-refractivity contribution in [2.75, 3.05) is 25.4 Å². The Hall–Kier alpha value is -1.56. The second-order valence-corrected chi connectivity index (χ2v) is 5.84. The number of likely N-dealkylation sites (tertiary alicyclic amines) is 1. The average molecular weight is 293 g/mol. The van der Waals surface area contributed by atoms with E-state index in [2.05, 4.69) is 22.2 Å². The van der Waals surface area contributed by atoms with Crippen LogP contribution in [0.5, 0.6) is 0 Å². The molecule has 1 fully saturated rings. The third-order valence-electron chi connectivity index (χ3n) is 4.28.